The van der Waals surface area contributed by atoms with Crippen molar-refractivity contribution in [3.8, 4) is 0 Å². The van der Waals surface area contributed by atoms with Gasteiger partial charge in [0.15, 0.2) is 0 Å². The van der Waals surface area contributed by atoms with Crippen molar-refractivity contribution in [2.24, 2.45) is 0 Å². The van der Waals surface area contributed by atoms with E-state index in [9.17, 15) is 9.59 Å². The monoisotopic (exact) mass is 359 g/mol. The van der Waals surface area contributed by atoms with Gasteiger partial charge in [-0.15, -0.1) is 0 Å². The number of hydrogen-bond donors (Lipinski definition) is 0. The molecular formula is C20H29N3O3. The van der Waals surface area contributed by atoms with E-state index in [2.05, 4.69) is 4.90 Å². The first-order valence-electron chi connectivity index (χ1n) is 9.48. The Kier molecular flexibility index (Phi) is 6.27. The van der Waals surface area contributed by atoms with Gasteiger partial charge in [-0.2, -0.15) is 0 Å². The van der Waals surface area contributed by atoms with Crippen molar-refractivity contribution < 1.29 is 14.3 Å². The lowest BCUT2D eigenvalue weighted by atomic mass is 10.1. The maximum atomic E-state index is 12.9. The molecule has 0 saturated carbocycles. The fraction of sp³-hybridized carbons (Fsp3) is 0.600. The molecule has 2 aliphatic rings. The minimum atomic E-state index is -0.0413. The molecule has 2 saturated heterocycles. The summed E-state index contributed by atoms with van der Waals surface area (Å²) in [5.41, 5.74) is 1.79. The molecule has 2 aliphatic heterocycles. The third kappa shape index (κ3) is 4.07. The first kappa shape index (κ1) is 18.9. The van der Waals surface area contributed by atoms with E-state index in [4.69, 9.17) is 4.74 Å². The Bertz CT molecular complexity index is 649. The summed E-state index contributed by atoms with van der Waals surface area (Å²) in [6.45, 7) is 7.07. The molecule has 2 fully saturated rings. The van der Waals surface area contributed by atoms with Crippen LogP contribution in [0.5, 0.6) is 0 Å². The third-order valence-corrected chi connectivity index (χ3v) is 5.47. The van der Waals surface area contributed by atoms with Gasteiger partial charge in [0.05, 0.1) is 12.6 Å². The maximum Gasteiger partial charge on any atom is 0.254 e. The zero-order valence-electron chi connectivity index (χ0n) is 15.8. The number of methoxy groups -OCH3 is 1. The van der Waals surface area contributed by atoms with Gasteiger partial charge in [0.2, 0.25) is 5.91 Å². The number of ether oxygens (including phenoxy) is 1. The highest BCUT2D eigenvalue weighted by Crippen LogP contribution is 2.20. The van der Waals surface area contributed by atoms with Crippen molar-refractivity contribution in [1.82, 2.24) is 14.7 Å². The summed E-state index contributed by atoms with van der Waals surface area (Å²) in [7, 11) is 1.66. The molecule has 6 heteroatoms. The highest BCUT2D eigenvalue weighted by molar-refractivity contribution is 5.95. The quantitative estimate of drug-likeness (QED) is 0.797. The average molecular weight is 359 g/mol. The van der Waals surface area contributed by atoms with Gasteiger partial charge < -0.3 is 14.5 Å². The average Bonchev–Trinajstić information content (AvgIpc) is 2.85. The van der Waals surface area contributed by atoms with Crippen LogP contribution in [0.4, 0.5) is 0 Å². The summed E-state index contributed by atoms with van der Waals surface area (Å²) in [5.74, 6) is 0.310. The van der Waals surface area contributed by atoms with E-state index in [-0.39, 0.29) is 17.9 Å². The minimum Gasteiger partial charge on any atom is -0.383 e. The summed E-state index contributed by atoms with van der Waals surface area (Å²) >= 11 is 0. The number of benzene rings is 1. The van der Waals surface area contributed by atoms with Crippen LogP contribution in [0, 0.1) is 6.92 Å². The highest BCUT2D eigenvalue weighted by Gasteiger charge is 2.36. The van der Waals surface area contributed by atoms with E-state index in [1.807, 2.05) is 41.0 Å². The van der Waals surface area contributed by atoms with Gasteiger partial charge in [-0.25, -0.2) is 0 Å². The fourth-order valence-corrected chi connectivity index (χ4v) is 3.92. The van der Waals surface area contributed by atoms with Crippen LogP contribution < -0.4 is 0 Å². The molecule has 1 aromatic carbocycles. The highest BCUT2D eigenvalue weighted by atomic mass is 16.5. The Morgan fingerprint density at radius 3 is 2.73 bits per heavy atom. The molecule has 1 aromatic rings. The molecule has 6 nitrogen and oxygen atoms in total. The van der Waals surface area contributed by atoms with Crippen LogP contribution in [0.2, 0.25) is 0 Å². The molecule has 2 heterocycles. The summed E-state index contributed by atoms with van der Waals surface area (Å²) in [6, 6.07) is 7.70. The van der Waals surface area contributed by atoms with Crippen molar-refractivity contribution in [3.63, 3.8) is 0 Å². The van der Waals surface area contributed by atoms with Gasteiger partial charge >= 0.3 is 0 Å². The van der Waals surface area contributed by atoms with Crippen LogP contribution in [-0.2, 0) is 9.53 Å². The van der Waals surface area contributed by atoms with Crippen LogP contribution in [0.1, 0.15) is 28.8 Å². The van der Waals surface area contributed by atoms with Gasteiger partial charge in [-0.1, -0.05) is 18.2 Å². The molecule has 142 valence electrons. The van der Waals surface area contributed by atoms with Gasteiger partial charge in [0.1, 0.15) is 0 Å². The number of hydrogen-bond acceptors (Lipinski definition) is 4. The maximum absolute atomic E-state index is 12.9. The molecule has 0 aliphatic carbocycles. The normalized spacial score (nSPS) is 21.9. The van der Waals surface area contributed by atoms with Crippen LogP contribution in [0.15, 0.2) is 24.3 Å². The van der Waals surface area contributed by atoms with E-state index < -0.39 is 0 Å². The Hall–Kier alpha value is -1.92. The van der Waals surface area contributed by atoms with Crippen molar-refractivity contribution in [1.29, 1.82) is 0 Å². The Morgan fingerprint density at radius 1 is 1.15 bits per heavy atom. The van der Waals surface area contributed by atoms with E-state index >= 15 is 0 Å². The first-order valence-corrected chi connectivity index (χ1v) is 9.48. The van der Waals surface area contributed by atoms with Crippen molar-refractivity contribution in [2.75, 3.05) is 53.0 Å². The standard InChI is InChI=1S/C20H29N3O3/c1-16-6-3-4-7-17(16)19(24)22-10-5-9-21(12-13-22)18-8-11-23(20(18)25)14-15-26-2/h3-4,6-7,18H,5,8-15H2,1-2H3/t18-/m1/s1. The van der Waals surface area contributed by atoms with Gasteiger partial charge in [-0.3, -0.25) is 14.5 Å². The SMILES string of the molecule is COCCN1CC[C@@H](N2CCCN(C(=O)c3ccccc3C)CC2)C1=O. The topological polar surface area (TPSA) is 53.1 Å². The number of aryl methyl sites for hydroxylation is 1. The summed E-state index contributed by atoms with van der Waals surface area (Å²) < 4.78 is 5.09. The summed E-state index contributed by atoms with van der Waals surface area (Å²) in [4.78, 5) is 31.6. The first-order chi connectivity index (χ1) is 12.6. The molecule has 1 atom stereocenters. The third-order valence-electron chi connectivity index (χ3n) is 5.47. The molecule has 0 radical (unpaired) electrons. The lowest BCUT2D eigenvalue weighted by Crippen LogP contribution is -2.44. The van der Waals surface area contributed by atoms with Crippen molar-refractivity contribution in [2.45, 2.75) is 25.8 Å². The van der Waals surface area contributed by atoms with E-state index in [1.54, 1.807) is 7.11 Å². The Balaban J connectivity index is 1.59. The van der Waals surface area contributed by atoms with E-state index in [0.29, 0.717) is 19.7 Å². The number of amides is 2. The molecule has 2 amide bonds. The van der Waals surface area contributed by atoms with Gasteiger partial charge in [0.25, 0.3) is 5.91 Å². The lowest BCUT2D eigenvalue weighted by molar-refractivity contribution is -0.132. The second-order valence-electron chi connectivity index (χ2n) is 7.12. The van der Waals surface area contributed by atoms with Crippen LogP contribution >= 0.6 is 0 Å². The molecule has 3 rings (SSSR count). The number of carbonyl (C=O) groups excluding carboxylic acids is 2. The van der Waals surface area contributed by atoms with E-state index in [0.717, 1.165) is 50.1 Å². The fourth-order valence-electron chi connectivity index (χ4n) is 3.92. The number of rotatable bonds is 5. The molecular weight excluding hydrogens is 330 g/mol. The van der Waals surface area contributed by atoms with Crippen LogP contribution in [-0.4, -0.2) is 85.5 Å². The second-order valence-corrected chi connectivity index (χ2v) is 7.12. The van der Waals surface area contributed by atoms with E-state index in [1.165, 1.54) is 0 Å². The molecule has 0 bridgehead atoms. The van der Waals surface area contributed by atoms with Gasteiger partial charge in [-0.05, 0) is 31.4 Å². The molecule has 0 unspecified atom stereocenters. The Morgan fingerprint density at radius 2 is 1.96 bits per heavy atom. The summed E-state index contributed by atoms with van der Waals surface area (Å²) in [6.07, 6.45) is 1.77. The van der Waals surface area contributed by atoms with Gasteiger partial charge in [0, 0.05) is 51.9 Å². The zero-order valence-corrected chi connectivity index (χ0v) is 15.8. The van der Waals surface area contributed by atoms with Crippen molar-refractivity contribution in [3.05, 3.63) is 35.4 Å². The van der Waals surface area contributed by atoms with Crippen LogP contribution in [0.3, 0.4) is 0 Å². The minimum absolute atomic E-state index is 0.0413. The number of carbonyl (C=O) groups is 2. The Labute approximate surface area is 155 Å². The number of nitrogens with zero attached hydrogens (tertiary/aromatic N) is 3. The lowest BCUT2D eigenvalue weighted by Gasteiger charge is -2.26. The molecule has 0 aromatic heterocycles. The largest absolute Gasteiger partial charge is 0.383 e. The zero-order chi connectivity index (χ0) is 18.5. The number of likely N-dealkylation sites (tertiary alicyclic amines) is 1. The smallest absolute Gasteiger partial charge is 0.254 e. The van der Waals surface area contributed by atoms with Crippen LogP contribution in [0.25, 0.3) is 0 Å². The molecule has 0 N–H and O–H groups in total. The second kappa shape index (κ2) is 8.64. The molecule has 0 spiro atoms. The molecule has 26 heavy (non-hydrogen) atoms. The summed E-state index contributed by atoms with van der Waals surface area (Å²) in [5, 5.41) is 0. The predicted molar refractivity (Wildman–Crippen MR) is 100 cm³/mol. The van der Waals surface area contributed by atoms with Crippen molar-refractivity contribution >= 4 is 11.8 Å². The predicted octanol–water partition coefficient (Wildman–Crippen LogP) is 1.39.